The number of aromatic nitrogens is 2. The zero-order valence-corrected chi connectivity index (χ0v) is 10.5. The largest absolute Gasteiger partial charge is 0.382 e. The molecule has 5 N–H and O–H groups in total. The number of nitrogen functional groups attached to an aromatic ring is 1. The van der Waals surface area contributed by atoms with Crippen molar-refractivity contribution >= 4 is 23.7 Å². The van der Waals surface area contributed by atoms with E-state index in [-0.39, 0.29) is 11.5 Å². The number of anilines is 2. The number of hydrogen-bond acceptors (Lipinski definition) is 6. The molecule has 2 rings (SSSR count). The topological polar surface area (TPSA) is 124 Å². The van der Waals surface area contributed by atoms with Crippen LogP contribution in [0.15, 0.2) is 30.5 Å². The molecule has 0 aliphatic rings. The molecule has 0 atom stereocenters. The summed E-state index contributed by atoms with van der Waals surface area (Å²) in [6.45, 7) is 0.355. The third-order valence-electron chi connectivity index (χ3n) is 2.60. The van der Waals surface area contributed by atoms with Crippen molar-refractivity contribution in [3.63, 3.8) is 0 Å². The lowest BCUT2D eigenvalue weighted by Gasteiger charge is -2.07. The maximum absolute atomic E-state index is 11.1. The molecule has 0 saturated heterocycles. The summed E-state index contributed by atoms with van der Waals surface area (Å²) in [4.78, 5) is 29.5. The Labute approximate surface area is 115 Å². The van der Waals surface area contributed by atoms with E-state index in [0.717, 1.165) is 12.0 Å². The van der Waals surface area contributed by atoms with Crippen LogP contribution < -0.4 is 16.8 Å². The number of primary amides is 1. The molecule has 102 valence electrons. The van der Waals surface area contributed by atoms with E-state index in [1.54, 1.807) is 24.3 Å². The Bertz CT molecular complexity index is 640. The highest BCUT2D eigenvalue weighted by molar-refractivity contribution is 5.94. The average molecular weight is 271 g/mol. The van der Waals surface area contributed by atoms with Crippen LogP contribution in [-0.2, 0) is 6.54 Å². The molecule has 7 nitrogen and oxygen atoms in total. The number of nitrogens with one attached hydrogen (secondary N) is 1. The van der Waals surface area contributed by atoms with E-state index in [9.17, 15) is 9.59 Å². The smallest absolute Gasteiger partial charge is 0.271 e. The minimum atomic E-state index is -0.716. The second-order valence-corrected chi connectivity index (χ2v) is 4.05. The zero-order valence-electron chi connectivity index (χ0n) is 10.5. The van der Waals surface area contributed by atoms with Crippen molar-refractivity contribution in [3.05, 3.63) is 47.4 Å². The first-order valence-electron chi connectivity index (χ1n) is 5.80. The zero-order chi connectivity index (χ0) is 14.5. The summed E-state index contributed by atoms with van der Waals surface area (Å²) < 4.78 is 0. The van der Waals surface area contributed by atoms with Crippen molar-refractivity contribution in [2.75, 3.05) is 11.1 Å². The summed E-state index contributed by atoms with van der Waals surface area (Å²) in [6, 6.07) is 6.92. The van der Waals surface area contributed by atoms with E-state index in [2.05, 4.69) is 15.3 Å². The van der Waals surface area contributed by atoms with Crippen molar-refractivity contribution in [1.29, 1.82) is 0 Å². The first-order valence-corrected chi connectivity index (χ1v) is 5.80. The Morgan fingerprint density at radius 1 is 1.30 bits per heavy atom. The number of amides is 1. The minimum Gasteiger partial charge on any atom is -0.382 e. The molecule has 1 amide bonds. The van der Waals surface area contributed by atoms with Gasteiger partial charge in [0.05, 0.1) is 18.4 Å². The Hall–Kier alpha value is -2.96. The van der Waals surface area contributed by atoms with Gasteiger partial charge in [-0.05, 0) is 24.3 Å². The molecule has 2 aromatic rings. The SMILES string of the molecule is NC(=O)c1nc(CNc2ccc(C=O)cc2)cnc1N. The highest BCUT2D eigenvalue weighted by Crippen LogP contribution is 2.11. The number of aldehydes is 1. The highest BCUT2D eigenvalue weighted by atomic mass is 16.1. The van der Waals surface area contributed by atoms with Crippen molar-refractivity contribution in [2.45, 2.75) is 6.54 Å². The maximum atomic E-state index is 11.1. The summed E-state index contributed by atoms with van der Waals surface area (Å²) in [5, 5.41) is 3.09. The van der Waals surface area contributed by atoms with Crippen LogP contribution in [0.2, 0.25) is 0 Å². The van der Waals surface area contributed by atoms with Crippen LogP contribution in [0.5, 0.6) is 0 Å². The summed E-state index contributed by atoms with van der Waals surface area (Å²) >= 11 is 0. The maximum Gasteiger partial charge on any atom is 0.271 e. The Morgan fingerprint density at radius 3 is 2.60 bits per heavy atom. The van der Waals surface area contributed by atoms with Crippen molar-refractivity contribution in [3.8, 4) is 0 Å². The molecule has 1 aromatic carbocycles. The molecular formula is C13H13N5O2. The Kier molecular flexibility index (Phi) is 3.90. The first-order chi connectivity index (χ1) is 9.60. The average Bonchev–Trinajstić information content (AvgIpc) is 2.46. The number of benzene rings is 1. The standard InChI is InChI=1S/C13H13N5O2/c14-12-11(13(15)20)18-10(6-17-12)5-16-9-3-1-8(7-19)2-4-9/h1-4,6-7,16H,5H2,(H2,14,17)(H2,15,20). The lowest BCUT2D eigenvalue weighted by Crippen LogP contribution is -2.18. The molecule has 0 bridgehead atoms. The van der Waals surface area contributed by atoms with Gasteiger partial charge < -0.3 is 16.8 Å². The van der Waals surface area contributed by atoms with E-state index in [1.807, 2.05) is 0 Å². The fourth-order valence-corrected chi connectivity index (χ4v) is 1.57. The molecule has 1 heterocycles. The molecule has 20 heavy (non-hydrogen) atoms. The first kappa shape index (κ1) is 13.5. The molecule has 0 aliphatic heterocycles. The van der Waals surface area contributed by atoms with Crippen LogP contribution in [0.3, 0.4) is 0 Å². The summed E-state index contributed by atoms with van der Waals surface area (Å²) in [5.41, 5.74) is 12.6. The summed E-state index contributed by atoms with van der Waals surface area (Å²) in [6.07, 6.45) is 2.24. The van der Waals surface area contributed by atoms with Crippen LogP contribution >= 0.6 is 0 Å². The van der Waals surface area contributed by atoms with Gasteiger partial charge in [-0.1, -0.05) is 0 Å². The van der Waals surface area contributed by atoms with Gasteiger partial charge in [-0.15, -0.1) is 0 Å². The van der Waals surface area contributed by atoms with Gasteiger partial charge in [0.15, 0.2) is 11.5 Å². The molecule has 0 radical (unpaired) electrons. The molecule has 0 saturated carbocycles. The molecule has 0 fully saturated rings. The molecular weight excluding hydrogens is 258 g/mol. The predicted octanol–water partition coefficient (Wildman–Crippen LogP) is 0.582. The van der Waals surface area contributed by atoms with E-state index in [1.165, 1.54) is 6.20 Å². The third kappa shape index (κ3) is 3.08. The van der Waals surface area contributed by atoms with Crippen LogP contribution in [0.4, 0.5) is 11.5 Å². The minimum absolute atomic E-state index is 0.0107. The van der Waals surface area contributed by atoms with Crippen molar-refractivity contribution < 1.29 is 9.59 Å². The van der Waals surface area contributed by atoms with Gasteiger partial charge >= 0.3 is 0 Å². The third-order valence-corrected chi connectivity index (χ3v) is 2.60. The van der Waals surface area contributed by atoms with Gasteiger partial charge in [0.25, 0.3) is 5.91 Å². The number of rotatable bonds is 5. The molecule has 0 unspecified atom stereocenters. The van der Waals surface area contributed by atoms with Gasteiger partial charge in [-0.2, -0.15) is 0 Å². The second kappa shape index (κ2) is 5.79. The lowest BCUT2D eigenvalue weighted by atomic mass is 10.2. The van der Waals surface area contributed by atoms with Crippen LogP contribution in [0, 0.1) is 0 Å². The quantitative estimate of drug-likeness (QED) is 0.683. The van der Waals surface area contributed by atoms with Gasteiger partial charge in [0, 0.05) is 11.3 Å². The second-order valence-electron chi connectivity index (χ2n) is 4.05. The Balaban J connectivity index is 2.08. The van der Waals surface area contributed by atoms with E-state index < -0.39 is 5.91 Å². The van der Waals surface area contributed by atoms with Crippen LogP contribution in [-0.4, -0.2) is 22.2 Å². The predicted molar refractivity (Wildman–Crippen MR) is 74.1 cm³/mol. The highest BCUT2D eigenvalue weighted by Gasteiger charge is 2.09. The molecule has 0 aliphatic carbocycles. The molecule has 7 heteroatoms. The van der Waals surface area contributed by atoms with Crippen molar-refractivity contribution in [2.24, 2.45) is 5.73 Å². The normalized spacial score (nSPS) is 10.0. The molecule has 0 spiro atoms. The summed E-state index contributed by atoms with van der Waals surface area (Å²) in [5.74, 6) is -0.705. The number of hydrogen-bond donors (Lipinski definition) is 3. The molecule has 1 aromatic heterocycles. The van der Waals surface area contributed by atoms with Crippen LogP contribution in [0.1, 0.15) is 26.5 Å². The van der Waals surface area contributed by atoms with Gasteiger partial charge in [0.2, 0.25) is 0 Å². The fourth-order valence-electron chi connectivity index (χ4n) is 1.57. The van der Waals surface area contributed by atoms with E-state index in [4.69, 9.17) is 11.5 Å². The van der Waals surface area contributed by atoms with Gasteiger partial charge in [-0.25, -0.2) is 9.97 Å². The fraction of sp³-hybridized carbons (Fsp3) is 0.0769. The number of nitrogens with two attached hydrogens (primary N) is 2. The number of carbonyl (C=O) groups is 2. The van der Waals surface area contributed by atoms with E-state index >= 15 is 0 Å². The number of nitrogens with zero attached hydrogens (tertiary/aromatic N) is 2. The lowest BCUT2D eigenvalue weighted by molar-refractivity contribution is 0.0995. The number of carbonyl (C=O) groups excluding carboxylic acids is 2. The summed E-state index contributed by atoms with van der Waals surface area (Å²) in [7, 11) is 0. The van der Waals surface area contributed by atoms with Gasteiger partial charge in [-0.3, -0.25) is 9.59 Å². The van der Waals surface area contributed by atoms with Crippen molar-refractivity contribution in [1.82, 2.24) is 9.97 Å². The monoisotopic (exact) mass is 271 g/mol. The Morgan fingerprint density at radius 2 is 2.00 bits per heavy atom. The van der Waals surface area contributed by atoms with E-state index in [0.29, 0.717) is 17.8 Å². The van der Waals surface area contributed by atoms with Gasteiger partial charge in [0.1, 0.15) is 6.29 Å². The van der Waals surface area contributed by atoms with Crippen LogP contribution in [0.25, 0.3) is 0 Å².